The number of aliphatic carboxylic acids is 1. The van der Waals surface area contributed by atoms with Crippen LogP contribution >= 0.6 is 0 Å². The normalized spacial score (nSPS) is 15.4. The van der Waals surface area contributed by atoms with Gasteiger partial charge in [0.2, 0.25) is 5.91 Å². The third-order valence-electron chi connectivity index (χ3n) is 5.02. The zero-order valence-corrected chi connectivity index (χ0v) is 15.6. The van der Waals surface area contributed by atoms with E-state index in [9.17, 15) is 19.5 Å². The van der Waals surface area contributed by atoms with Gasteiger partial charge in [0.1, 0.15) is 0 Å². The fraction of sp³-hybridized carbons (Fsp3) is 0.318. The molecule has 6 heteroatoms. The molecule has 3 rings (SSSR count). The Balaban J connectivity index is 1.69. The van der Waals surface area contributed by atoms with Gasteiger partial charge in [-0.3, -0.25) is 9.59 Å². The highest BCUT2D eigenvalue weighted by molar-refractivity contribution is 5.99. The number of anilines is 1. The molecule has 2 aromatic carbocycles. The monoisotopic (exact) mass is 380 g/mol. The molecule has 3 N–H and O–H groups in total. The summed E-state index contributed by atoms with van der Waals surface area (Å²) in [6.07, 6.45) is 5.09. The van der Waals surface area contributed by atoms with Gasteiger partial charge in [0.05, 0.1) is 0 Å². The lowest BCUT2D eigenvalue weighted by atomic mass is 9.88. The molecule has 0 saturated heterocycles. The summed E-state index contributed by atoms with van der Waals surface area (Å²) >= 11 is 0. The van der Waals surface area contributed by atoms with Crippen LogP contribution in [-0.4, -0.2) is 22.9 Å². The molecular formula is C22H24N2O4. The minimum Gasteiger partial charge on any atom is -0.479 e. The van der Waals surface area contributed by atoms with Crippen molar-refractivity contribution in [3.63, 3.8) is 0 Å². The van der Waals surface area contributed by atoms with Crippen LogP contribution in [0.25, 0.3) is 0 Å². The Morgan fingerprint density at radius 1 is 0.929 bits per heavy atom. The van der Waals surface area contributed by atoms with E-state index in [-0.39, 0.29) is 11.8 Å². The largest absolute Gasteiger partial charge is 0.479 e. The van der Waals surface area contributed by atoms with Crippen LogP contribution < -0.4 is 10.6 Å². The second-order valence-electron chi connectivity index (χ2n) is 7.06. The van der Waals surface area contributed by atoms with Crippen molar-refractivity contribution in [1.82, 2.24) is 5.32 Å². The van der Waals surface area contributed by atoms with Gasteiger partial charge in [-0.05, 0) is 36.6 Å². The third kappa shape index (κ3) is 4.97. The van der Waals surface area contributed by atoms with Gasteiger partial charge >= 0.3 is 5.97 Å². The highest BCUT2D eigenvalue weighted by atomic mass is 16.4. The second-order valence-corrected chi connectivity index (χ2v) is 7.06. The number of nitrogens with one attached hydrogen (secondary N) is 2. The molecule has 1 aliphatic rings. The van der Waals surface area contributed by atoms with Crippen LogP contribution in [0.5, 0.6) is 0 Å². The van der Waals surface area contributed by atoms with Crippen molar-refractivity contribution in [2.45, 2.75) is 38.1 Å². The smallest absolute Gasteiger partial charge is 0.330 e. The molecule has 2 aromatic rings. The summed E-state index contributed by atoms with van der Waals surface area (Å²) in [4.78, 5) is 36.6. The zero-order valence-electron chi connectivity index (χ0n) is 15.6. The SMILES string of the molecule is O=C(N[C@H](C(=O)O)c1ccccc1)c1cccc(NC(=O)C2CCCCC2)c1. The summed E-state index contributed by atoms with van der Waals surface area (Å²) in [5.74, 6) is -1.66. The summed E-state index contributed by atoms with van der Waals surface area (Å²) < 4.78 is 0. The van der Waals surface area contributed by atoms with Crippen molar-refractivity contribution < 1.29 is 19.5 Å². The van der Waals surface area contributed by atoms with E-state index in [0.29, 0.717) is 16.8 Å². The number of carbonyl (C=O) groups excluding carboxylic acids is 2. The number of carboxylic acid groups (broad SMARTS) is 1. The first-order chi connectivity index (χ1) is 13.5. The fourth-order valence-corrected chi connectivity index (χ4v) is 3.49. The maximum atomic E-state index is 12.6. The quantitative estimate of drug-likeness (QED) is 0.711. The van der Waals surface area contributed by atoms with Crippen molar-refractivity contribution >= 4 is 23.5 Å². The highest BCUT2D eigenvalue weighted by Crippen LogP contribution is 2.25. The molecule has 0 aromatic heterocycles. The minimum absolute atomic E-state index is 0.0145. The Hall–Kier alpha value is -3.15. The van der Waals surface area contributed by atoms with E-state index in [1.165, 1.54) is 6.42 Å². The van der Waals surface area contributed by atoms with Gasteiger partial charge in [-0.2, -0.15) is 0 Å². The van der Waals surface area contributed by atoms with Crippen LogP contribution in [-0.2, 0) is 9.59 Å². The maximum Gasteiger partial charge on any atom is 0.330 e. The zero-order chi connectivity index (χ0) is 19.9. The summed E-state index contributed by atoms with van der Waals surface area (Å²) in [5.41, 5.74) is 1.32. The Morgan fingerprint density at radius 3 is 2.32 bits per heavy atom. The topological polar surface area (TPSA) is 95.5 Å². The van der Waals surface area contributed by atoms with Crippen LogP contribution in [0, 0.1) is 5.92 Å². The molecule has 1 aliphatic carbocycles. The fourth-order valence-electron chi connectivity index (χ4n) is 3.49. The lowest BCUT2D eigenvalue weighted by Crippen LogP contribution is -2.33. The van der Waals surface area contributed by atoms with Crippen molar-refractivity contribution in [3.8, 4) is 0 Å². The van der Waals surface area contributed by atoms with Crippen LogP contribution in [0.2, 0.25) is 0 Å². The van der Waals surface area contributed by atoms with Gasteiger partial charge in [-0.25, -0.2) is 4.79 Å². The Bertz CT molecular complexity index is 845. The van der Waals surface area contributed by atoms with Gasteiger partial charge in [0.15, 0.2) is 6.04 Å². The van der Waals surface area contributed by atoms with Gasteiger partial charge in [-0.15, -0.1) is 0 Å². The first-order valence-electron chi connectivity index (χ1n) is 9.54. The Morgan fingerprint density at radius 2 is 1.64 bits per heavy atom. The lowest BCUT2D eigenvalue weighted by Gasteiger charge is -2.21. The number of carbonyl (C=O) groups is 3. The van der Waals surface area contributed by atoms with E-state index in [1.54, 1.807) is 54.6 Å². The molecule has 0 unspecified atom stereocenters. The summed E-state index contributed by atoms with van der Waals surface area (Å²) in [6.45, 7) is 0. The first kappa shape index (κ1) is 19.6. The Labute approximate surface area is 164 Å². The average molecular weight is 380 g/mol. The predicted molar refractivity (Wildman–Crippen MR) is 106 cm³/mol. The molecule has 0 bridgehead atoms. The van der Waals surface area contributed by atoms with E-state index in [0.717, 1.165) is 25.7 Å². The predicted octanol–water partition coefficient (Wildman–Crippen LogP) is 3.76. The van der Waals surface area contributed by atoms with E-state index in [2.05, 4.69) is 10.6 Å². The molecular weight excluding hydrogens is 356 g/mol. The first-order valence-corrected chi connectivity index (χ1v) is 9.54. The molecule has 0 heterocycles. The van der Waals surface area contributed by atoms with E-state index in [1.807, 2.05) is 0 Å². The summed E-state index contributed by atoms with van der Waals surface area (Å²) in [7, 11) is 0. The number of carboxylic acids is 1. The molecule has 1 atom stereocenters. The van der Waals surface area contributed by atoms with Crippen LogP contribution in [0.15, 0.2) is 54.6 Å². The summed E-state index contributed by atoms with van der Waals surface area (Å²) in [6, 6.07) is 13.9. The van der Waals surface area contributed by atoms with Crippen molar-refractivity contribution in [2.24, 2.45) is 5.92 Å². The minimum atomic E-state index is -1.14. The van der Waals surface area contributed by atoms with Crippen LogP contribution in [0.3, 0.4) is 0 Å². The van der Waals surface area contributed by atoms with E-state index in [4.69, 9.17) is 0 Å². The average Bonchev–Trinajstić information content (AvgIpc) is 2.73. The van der Waals surface area contributed by atoms with Crippen molar-refractivity contribution in [3.05, 3.63) is 65.7 Å². The van der Waals surface area contributed by atoms with E-state index >= 15 is 0 Å². The van der Waals surface area contributed by atoms with Crippen LogP contribution in [0.1, 0.15) is 54.1 Å². The number of amides is 2. The molecule has 0 radical (unpaired) electrons. The number of hydrogen-bond donors (Lipinski definition) is 3. The Kier molecular flexibility index (Phi) is 6.42. The molecule has 0 spiro atoms. The van der Waals surface area contributed by atoms with Gasteiger partial charge in [0.25, 0.3) is 5.91 Å². The standard InChI is InChI=1S/C22H24N2O4/c25-20(16-10-5-2-6-11-16)23-18-13-7-12-17(14-18)21(26)24-19(22(27)28)15-8-3-1-4-9-15/h1,3-4,7-9,12-14,16,19H,2,5-6,10-11H2,(H,23,25)(H,24,26)(H,27,28)/t19-/m0/s1. The highest BCUT2D eigenvalue weighted by Gasteiger charge is 2.23. The third-order valence-corrected chi connectivity index (χ3v) is 5.02. The summed E-state index contributed by atoms with van der Waals surface area (Å²) in [5, 5.41) is 14.9. The second kappa shape index (κ2) is 9.17. The molecule has 28 heavy (non-hydrogen) atoms. The maximum absolute atomic E-state index is 12.6. The number of rotatable bonds is 6. The van der Waals surface area contributed by atoms with Gasteiger partial charge in [0, 0.05) is 17.2 Å². The number of hydrogen-bond acceptors (Lipinski definition) is 3. The molecule has 0 aliphatic heterocycles. The van der Waals surface area contributed by atoms with Crippen molar-refractivity contribution in [2.75, 3.05) is 5.32 Å². The molecule has 1 saturated carbocycles. The molecule has 6 nitrogen and oxygen atoms in total. The lowest BCUT2D eigenvalue weighted by molar-refractivity contribution is -0.139. The van der Waals surface area contributed by atoms with Gasteiger partial charge < -0.3 is 15.7 Å². The molecule has 2 amide bonds. The van der Waals surface area contributed by atoms with Crippen molar-refractivity contribution in [1.29, 1.82) is 0 Å². The molecule has 1 fully saturated rings. The van der Waals surface area contributed by atoms with Crippen LogP contribution in [0.4, 0.5) is 5.69 Å². The molecule has 146 valence electrons. The number of benzene rings is 2. The van der Waals surface area contributed by atoms with Gasteiger partial charge in [-0.1, -0.05) is 55.7 Å². The van der Waals surface area contributed by atoms with E-state index < -0.39 is 17.9 Å².